The molecule has 1 aliphatic carbocycles. The van der Waals surface area contributed by atoms with E-state index in [0.717, 1.165) is 37.8 Å². The molecule has 1 saturated carbocycles. The summed E-state index contributed by atoms with van der Waals surface area (Å²) in [5.41, 5.74) is -0.514. The van der Waals surface area contributed by atoms with Crippen molar-refractivity contribution < 1.29 is 13.6 Å². The molecule has 0 bridgehead atoms. The van der Waals surface area contributed by atoms with Crippen LogP contribution in [0, 0.1) is 17.6 Å². The van der Waals surface area contributed by atoms with Crippen molar-refractivity contribution in [1.29, 1.82) is 0 Å². The predicted molar refractivity (Wildman–Crippen MR) is 81.1 cm³/mol. The maximum atomic E-state index is 13.7. The number of rotatable bonds is 3. The zero-order chi connectivity index (χ0) is 14.7. The first-order valence-electron chi connectivity index (χ1n) is 6.54. The summed E-state index contributed by atoms with van der Waals surface area (Å²) in [5, 5.41) is 2.64. The molecule has 2 unspecified atom stereocenters. The van der Waals surface area contributed by atoms with Crippen LogP contribution in [-0.2, 0) is 0 Å². The van der Waals surface area contributed by atoms with Crippen LogP contribution in [0.4, 0.5) is 8.78 Å². The number of carbonyl (C=O) groups excluding carboxylic acids is 1. The quantitative estimate of drug-likeness (QED) is 0.734. The van der Waals surface area contributed by atoms with Crippen molar-refractivity contribution in [1.82, 2.24) is 5.32 Å². The van der Waals surface area contributed by atoms with Gasteiger partial charge in [0.05, 0.1) is 0 Å². The predicted octanol–water partition coefficient (Wildman–Crippen LogP) is 4.41. The second kappa shape index (κ2) is 6.98. The van der Waals surface area contributed by atoms with Gasteiger partial charge in [0.1, 0.15) is 17.2 Å². The van der Waals surface area contributed by atoms with E-state index in [1.54, 1.807) is 0 Å². The number of benzene rings is 1. The van der Waals surface area contributed by atoms with Gasteiger partial charge in [-0.1, -0.05) is 38.3 Å². The summed E-state index contributed by atoms with van der Waals surface area (Å²) in [6.07, 6.45) is 4.26. The highest BCUT2D eigenvalue weighted by molar-refractivity contribution is 9.10. The van der Waals surface area contributed by atoms with Crippen molar-refractivity contribution in [2.75, 3.05) is 6.54 Å². The molecule has 1 aromatic carbocycles. The summed E-state index contributed by atoms with van der Waals surface area (Å²) >= 11 is 6.56. The van der Waals surface area contributed by atoms with Gasteiger partial charge in [-0.3, -0.25) is 4.79 Å². The zero-order valence-corrected chi connectivity index (χ0v) is 13.9. The molecule has 0 spiro atoms. The normalized spacial score (nSPS) is 22.6. The van der Waals surface area contributed by atoms with E-state index in [1.807, 2.05) is 0 Å². The third-order valence-electron chi connectivity index (χ3n) is 3.50. The fourth-order valence-electron chi connectivity index (χ4n) is 2.50. The molecule has 1 aromatic rings. The van der Waals surface area contributed by atoms with Gasteiger partial charge in [0, 0.05) is 15.8 Å². The molecule has 2 atom stereocenters. The molecular weight excluding hydrogens is 396 g/mol. The summed E-state index contributed by atoms with van der Waals surface area (Å²) in [7, 11) is 0. The van der Waals surface area contributed by atoms with Crippen molar-refractivity contribution in [3.63, 3.8) is 0 Å². The van der Waals surface area contributed by atoms with E-state index in [2.05, 4.69) is 37.2 Å². The van der Waals surface area contributed by atoms with Crippen molar-refractivity contribution >= 4 is 37.8 Å². The van der Waals surface area contributed by atoms with Gasteiger partial charge in [-0.2, -0.15) is 0 Å². The Balaban J connectivity index is 1.98. The Morgan fingerprint density at radius 2 is 1.95 bits per heavy atom. The van der Waals surface area contributed by atoms with E-state index in [1.165, 1.54) is 0 Å². The van der Waals surface area contributed by atoms with Gasteiger partial charge in [-0.25, -0.2) is 8.78 Å². The highest BCUT2D eigenvalue weighted by Crippen LogP contribution is 2.28. The van der Waals surface area contributed by atoms with Gasteiger partial charge in [0.25, 0.3) is 5.91 Å². The maximum Gasteiger partial charge on any atom is 0.257 e. The minimum absolute atomic E-state index is 0.276. The van der Waals surface area contributed by atoms with Gasteiger partial charge in [0.2, 0.25) is 0 Å². The van der Waals surface area contributed by atoms with Crippen LogP contribution in [0.5, 0.6) is 0 Å². The van der Waals surface area contributed by atoms with Crippen LogP contribution >= 0.6 is 31.9 Å². The van der Waals surface area contributed by atoms with Crippen LogP contribution in [0.2, 0.25) is 0 Å². The average Bonchev–Trinajstić information content (AvgIpc) is 2.35. The minimum Gasteiger partial charge on any atom is -0.352 e. The number of amides is 1. The van der Waals surface area contributed by atoms with Crippen LogP contribution < -0.4 is 5.32 Å². The largest absolute Gasteiger partial charge is 0.352 e. The van der Waals surface area contributed by atoms with Crippen LogP contribution in [0.1, 0.15) is 36.0 Å². The zero-order valence-electron chi connectivity index (χ0n) is 10.8. The molecule has 20 heavy (non-hydrogen) atoms. The van der Waals surface area contributed by atoms with E-state index in [-0.39, 0.29) is 4.47 Å². The van der Waals surface area contributed by atoms with Crippen molar-refractivity contribution in [2.24, 2.45) is 5.92 Å². The number of alkyl halides is 1. The molecule has 0 heterocycles. The molecule has 2 rings (SSSR count). The highest BCUT2D eigenvalue weighted by atomic mass is 79.9. The number of carbonyl (C=O) groups is 1. The van der Waals surface area contributed by atoms with Crippen LogP contribution in [0.15, 0.2) is 16.6 Å². The molecule has 0 aromatic heterocycles. The molecule has 6 heteroatoms. The first kappa shape index (κ1) is 15.9. The standard InChI is InChI=1S/C14H15Br2F2NO/c15-9-3-1-2-8(4-9)7-19-14(20)13-11(17)5-10(16)6-12(13)18/h5-6,8-9H,1-4,7H2,(H,19,20). The van der Waals surface area contributed by atoms with Crippen molar-refractivity contribution in [3.05, 3.63) is 33.8 Å². The average molecular weight is 411 g/mol. The first-order chi connectivity index (χ1) is 9.47. The molecule has 1 amide bonds. The second-order valence-corrected chi connectivity index (χ2v) is 7.30. The topological polar surface area (TPSA) is 29.1 Å². The number of hydrogen-bond donors (Lipinski definition) is 1. The summed E-state index contributed by atoms with van der Waals surface area (Å²) in [6.45, 7) is 0.454. The Morgan fingerprint density at radius 1 is 1.30 bits per heavy atom. The van der Waals surface area contributed by atoms with Gasteiger partial charge in [0.15, 0.2) is 0 Å². The molecule has 0 aliphatic heterocycles. The molecule has 1 aliphatic rings. The molecule has 2 nitrogen and oxygen atoms in total. The third kappa shape index (κ3) is 4.01. The Bertz CT molecular complexity index is 487. The van der Waals surface area contributed by atoms with Crippen molar-refractivity contribution in [3.8, 4) is 0 Å². The lowest BCUT2D eigenvalue weighted by molar-refractivity contribution is 0.0935. The minimum atomic E-state index is -0.851. The Hall–Kier alpha value is -0.490. The van der Waals surface area contributed by atoms with E-state index in [4.69, 9.17) is 0 Å². The molecule has 110 valence electrons. The summed E-state index contributed by atoms with van der Waals surface area (Å²) in [6, 6.07) is 2.18. The van der Waals surface area contributed by atoms with Crippen LogP contribution in [-0.4, -0.2) is 17.3 Å². The lowest BCUT2D eigenvalue weighted by Crippen LogP contribution is -2.33. The molecule has 0 saturated heterocycles. The van der Waals surface area contributed by atoms with E-state index in [0.29, 0.717) is 17.3 Å². The number of hydrogen-bond acceptors (Lipinski definition) is 1. The highest BCUT2D eigenvalue weighted by Gasteiger charge is 2.22. The van der Waals surface area contributed by atoms with E-state index in [9.17, 15) is 13.6 Å². The molecule has 1 N–H and O–H groups in total. The lowest BCUT2D eigenvalue weighted by atomic mass is 9.89. The molecule has 0 radical (unpaired) electrons. The van der Waals surface area contributed by atoms with Gasteiger partial charge < -0.3 is 5.32 Å². The van der Waals surface area contributed by atoms with Crippen molar-refractivity contribution in [2.45, 2.75) is 30.5 Å². The number of nitrogens with one attached hydrogen (secondary N) is 1. The fraction of sp³-hybridized carbons (Fsp3) is 0.500. The Kier molecular flexibility index (Phi) is 5.55. The first-order valence-corrected chi connectivity index (χ1v) is 8.25. The molecule has 1 fully saturated rings. The summed E-state index contributed by atoms with van der Waals surface area (Å²) in [5.74, 6) is -2.03. The maximum absolute atomic E-state index is 13.7. The summed E-state index contributed by atoms with van der Waals surface area (Å²) in [4.78, 5) is 12.4. The fourth-order valence-corrected chi connectivity index (χ4v) is 3.75. The van der Waals surface area contributed by atoms with Crippen LogP contribution in [0.25, 0.3) is 0 Å². The van der Waals surface area contributed by atoms with Gasteiger partial charge >= 0.3 is 0 Å². The number of halogens is 4. The smallest absolute Gasteiger partial charge is 0.257 e. The summed E-state index contributed by atoms with van der Waals surface area (Å²) < 4.78 is 27.6. The lowest BCUT2D eigenvalue weighted by Gasteiger charge is -2.25. The van der Waals surface area contributed by atoms with E-state index >= 15 is 0 Å². The SMILES string of the molecule is O=C(NCC1CCCC(Br)C1)c1c(F)cc(Br)cc1F. The second-order valence-electron chi connectivity index (χ2n) is 5.08. The van der Waals surface area contributed by atoms with E-state index < -0.39 is 23.1 Å². The van der Waals surface area contributed by atoms with Gasteiger partial charge in [-0.15, -0.1) is 0 Å². The van der Waals surface area contributed by atoms with Crippen LogP contribution in [0.3, 0.4) is 0 Å². The van der Waals surface area contributed by atoms with Gasteiger partial charge in [-0.05, 0) is 37.3 Å². The Labute approximate surface area is 133 Å². The third-order valence-corrected chi connectivity index (χ3v) is 4.79. The monoisotopic (exact) mass is 409 g/mol. The molecular formula is C14H15Br2F2NO. The Morgan fingerprint density at radius 3 is 2.55 bits per heavy atom.